The first-order chi connectivity index (χ1) is 9.72. The van der Waals surface area contributed by atoms with Crippen molar-refractivity contribution in [3.63, 3.8) is 0 Å². The summed E-state index contributed by atoms with van der Waals surface area (Å²) in [5.41, 5.74) is 1.60. The third-order valence-corrected chi connectivity index (χ3v) is 2.80. The fourth-order valence-electron chi connectivity index (χ4n) is 1.66. The van der Waals surface area contributed by atoms with Crippen LogP contribution in [0.3, 0.4) is 0 Å². The van der Waals surface area contributed by atoms with Crippen LogP contribution in [0.5, 0.6) is 5.75 Å². The van der Waals surface area contributed by atoms with Crippen molar-refractivity contribution in [1.82, 2.24) is 4.57 Å². The largest absolute Gasteiger partial charge is 0.468 e. The molecule has 0 atom stereocenters. The van der Waals surface area contributed by atoms with Gasteiger partial charge in [0, 0.05) is 19.7 Å². The molecule has 0 bridgehead atoms. The Labute approximate surface area is 116 Å². The molecule has 0 aliphatic heterocycles. The van der Waals surface area contributed by atoms with E-state index in [-0.39, 0.29) is 12.5 Å². The van der Waals surface area contributed by atoms with Gasteiger partial charge in [-0.2, -0.15) is 0 Å². The van der Waals surface area contributed by atoms with Crippen molar-refractivity contribution < 1.29 is 18.6 Å². The summed E-state index contributed by atoms with van der Waals surface area (Å²) < 4.78 is 21.7. The van der Waals surface area contributed by atoms with E-state index in [2.05, 4.69) is 0 Å². The van der Waals surface area contributed by atoms with Crippen LogP contribution in [0.1, 0.15) is 0 Å². The van der Waals surface area contributed by atoms with Crippen LogP contribution < -0.4 is 10.5 Å². The predicted molar refractivity (Wildman–Crippen MR) is 72.7 cm³/mol. The van der Waals surface area contributed by atoms with E-state index in [1.54, 1.807) is 14.2 Å². The van der Waals surface area contributed by atoms with Crippen molar-refractivity contribution in [2.75, 3.05) is 27.1 Å². The van der Waals surface area contributed by atoms with Gasteiger partial charge in [0.25, 0.3) is 0 Å². The summed E-state index contributed by atoms with van der Waals surface area (Å²) in [5, 5.41) is 0. The van der Waals surface area contributed by atoms with Crippen molar-refractivity contribution in [1.29, 1.82) is 0 Å². The highest BCUT2D eigenvalue weighted by molar-refractivity contribution is 5.59. The Kier molecular flexibility index (Phi) is 4.97. The molecule has 0 fully saturated rings. The maximum Gasteiger partial charge on any atom is 0.419 e. The average Bonchev–Trinajstić information content (AvgIpc) is 2.80. The molecule has 6 heteroatoms. The molecule has 2 rings (SSSR count). The number of hydrogen-bond acceptors (Lipinski definition) is 5. The number of hydrogen-bond donors (Lipinski definition) is 0. The van der Waals surface area contributed by atoms with Crippen LogP contribution in [-0.4, -0.2) is 31.7 Å². The Morgan fingerprint density at radius 3 is 2.55 bits per heavy atom. The van der Waals surface area contributed by atoms with E-state index in [0.29, 0.717) is 19.0 Å². The van der Waals surface area contributed by atoms with Gasteiger partial charge in [-0.1, -0.05) is 0 Å². The van der Waals surface area contributed by atoms with Crippen molar-refractivity contribution in [2.45, 2.75) is 0 Å². The van der Waals surface area contributed by atoms with E-state index in [9.17, 15) is 4.79 Å². The summed E-state index contributed by atoms with van der Waals surface area (Å²) in [4.78, 5) is 11.3. The molecule has 0 saturated heterocycles. The molecule has 0 aliphatic rings. The summed E-state index contributed by atoms with van der Waals surface area (Å²) in [6, 6.07) is 7.34. The zero-order valence-corrected chi connectivity index (χ0v) is 11.5. The quantitative estimate of drug-likeness (QED) is 0.569. The van der Waals surface area contributed by atoms with Gasteiger partial charge in [-0.25, -0.2) is 4.79 Å². The van der Waals surface area contributed by atoms with Gasteiger partial charge in [-0.05, 0) is 24.3 Å². The number of rotatable bonds is 7. The maximum absolute atomic E-state index is 11.3. The molecule has 1 aromatic carbocycles. The first-order valence-corrected chi connectivity index (χ1v) is 6.17. The van der Waals surface area contributed by atoms with Gasteiger partial charge in [-0.15, -0.1) is 0 Å². The van der Waals surface area contributed by atoms with Crippen molar-refractivity contribution in [3.8, 4) is 17.0 Å². The van der Waals surface area contributed by atoms with Crippen LogP contribution in [0, 0.1) is 0 Å². The van der Waals surface area contributed by atoms with E-state index < -0.39 is 0 Å². The molecule has 0 spiro atoms. The monoisotopic (exact) mass is 279 g/mol. The topological polar surface area (TPSA) is 62.8 Å². The normalized spacial score (nSPS) is 10.7. The van der Waals surface area contributed by atoms with Gasteiger partial charge in [0.05, 0.1) is 18.9 Å². The molecule has 6 nitrogen and oxygen atoms in total. The minimum absolute atomic E-state index is 0.174. The molecule has 108 valence electrons. The highest BCUT2D eigenvalue weighted by Crippen LogP contribution is 2.21. The Morgan fingerprint density at radius 1 is 1.20 bits per heavy atom. The summed E-state index contributed by atoms with van der Waals surface area (Å²) in [6.45, 7) is 1.20. The molecule has 0 unspecified atom stereocenters. The van der Waals surface area contributed by atoms with E-state index in [1.165, 1.54) is 10.8 Å². The Bertz CT molecular complexity index is 584. The second kappa shape index (κ2) is 6.93. The van der Waals surface area contributed by atoms with Gasteiger partial charge in [0.1, 0.15) is 12.0 Å². The third-order valence-electron chi connectivity index (χ3n) is 2.80. The van der Waals surface area contributed by atoms with E-state index in [4.69, 9.17) is 18.6 Å². The zero-order chi connectivity index (χ0) is 14.4. The molecule has 1 heterocycles. The SMILES string of the molecule is COCCOCOc1ccc(-c2coc(=O)n2C)cc1. The maximum atomic E-state index is 11.3. The molecule has 0 amide bonds. The van der Waals surface area contributed by atoms with Crippen LogP contribution in [0.15, 0.2) is 39.7 Å². The first-order valence-electron chi connectivity index (χ1n) is 6.17. The number of ether oxygens (including phenoxy) is 3. The number of oxazole rings is 1. The van der Waals surface area contributed by atoms with Crippen molar-refractivity contribution >= 4 is 0 Å². The van der Waals surface area contributed by atoms with E-state index >= 15 is 0 Å². The zero-order valence-electron chi connectivity index (χ0n) is 11.5. The van der Waals surface area contributed by atoms with Crippen LogP contribution in [0.4, 0.5) is 0 Å². The lowest BCUT2D eigenvalue weighted by molar-refractivity contribution is -0.00846. The van der Waals surface area contributed by atoms with E-state index in [0.717, 1.165) is 11.3 Å². The molecule has 0 aliphatic carbocycles. The lowest BCUT2D eigenvalue weighted by atomic mass is 10.1. The summed E-state index contributed by atoms with van der Waals surface area (Å²) in [5.74, 6) is 0.312. The highest BCUT2D eigenvalue weighted by Gasteiger charge is 2.06. The molecule has 20 heavy (non-hydrogen) atoms. The molecule has 0 N–H and O–H groups in total. The predicted octanol–water partition coefficient (Wildman–Crippen LogP) is 1.64. The van der Waals surface area contributed by atoms with Gasteiger partial charge in [0.2, 0.25) is 0 Å². The van der Waals surface area contributed by atoms with Gasteiger partial charge < -0.3 is 18.6 Å². The minimum Gasteiger partial charge on any atom is -0.468 e. The van der Waals surface area contributed by atoms with Gasteiger partial charge >= 0.3 is 5.76 Å². The lowest BCUT2D eigenvalue weighted by Gasteiger charge is -2.07. The van der Waals surface area contributed by atoms with Crippen LogP contribution in [0.2, 0.25) is 0 Å². The number of nitrogens with zero attached hydrogens (tertiary/aromatic N) is 1. The van der Waals surface area contributed by atoms with Gasteiger partial charge in [-0.3, -0.25) is 4.57 Å². The van der Waals surface area contributed by atoms with Crippen LogP contribution >= 0.6 is 0 Å². The molecule has 0 saturated carbocycles. The van der Waals surface area contributed by atoms with Gasteiger partial charge in [0.15, 0.2) is 6.79 Å². The average molecular weight is 279 g/mol. The second-order valence-corrected chi connectivity index (χ2v) is 4.13. The fourth-order valence-corrected chi connectivity index (χ4v) is 1.66. The molecule has 1 aromatic heterocycles. The summed E-state index contributed by atoms with van der Waals surface area (Å²) in [7, 11) is 3.28. The second-order valence-electron chi connectivity index (χ2n) is 4.13. The molecule has 2 aromatic rings. The molecule has 0 radical (unpaired) electrons. The smallest absolute Gasteiger partial charge is 0.419 e. The number of aromatic nitrogens is 1. The Hall–Kier alpha value is -2.05. The Balaban J connectivity index is 1.93. The van der Waals surface area contributed by atoms with Crippen LogP contribution in [0.25, 0.3) is 11.3 Å². The van der Waals surface area contributed by atoms with E-state index in [1.807, 2.05) is 24.3 Å². The van der Waals surface area contributed by atoms with Crippen LogP contribution in [-0.2, 0) is 16.5 Å². The van der Waals surface area contributed by atoms with Crippen molar-refractivity contribution in [2.24, 2.45) is 7.05 Å². The Morgan fingerprint density at radius 2 is 1.95 bits per heavy atom. The molecular weight excluding hydrogens is 262 g/mol. The summed E-state index contributed by atoms with van der Waals surface area (Å²) in [6.07, 6.45) is 1.44. The lowest BCUT2D eigenvalue weighted by Crippen LogP contribution is -2.10. The fraction of sp³-hybridized carbons (Fsp3) is 0.357. The third kappa shape index (κ3) is 3.49. The standard InChI is InChI=1S/C14H17NO5/c1-15-13(9-19-14(15)16)11-3-5-12(6-4-11)20-10-18-8-7-17-2/h3-6,9H,7-8,10H2,1-2H3. The summed E-state index contributed by atoms with van der Waals surface area (Å²) >= 11 is 0. The number of benzene rings is 1. The highest BCUT2D eigenvalue weighted by atomic mass is 16.7. The number of methoxy groups -OCH3 is 1. The first kappa shape index (κ1) is 14.4. The van der Waals surface area contributed by atoms with Crippen molar-refractivity contribution in [3.05, 3.63) is 41.1 Å². The minimum atomic E-state index is -0.383. The molecular formula is C14H17NO5.